The molecule has 0 aliphatic heterocycles. The van der Waals surface area contributed by atoms with Gasteiger partial charge >= 0.3 is 0 Å². The second kappa shape index (κ2) is 7.66. The standard InChI is InChI=1S/C17H30N2/c1-7-15(5)19(8-2)12-17(18-6)16-10-13(3)9-14(4)11-16/h9-11,15,17-18H,7-8,12H2,1-6H3. The number of nitrogens with zero attached hydrogens (tertiary/aromatic N) is 1. The van der Waals surface area contributed by atoms with Crippen LogP contribution in [0.4, 0.5) is 0 Å². The first-order chi connectivity index (χ1) is 9.01. The summed E-state index contributed by atoms with van der Waals surface area (Å²) in [6.07, 6.45) is 1.21. The number of aryl methyl sites for hydroxylation is 2. The van der Waals surface area contributed by atoms with E-state index >= 15 is 0 Å². The van der Waals surface area contributed by atoms with Crippen LogP contribution in [0, 0.1) is 13.8 Å². The Morgan fingerprint density at radius 2 is 1.68 bits per heavy atom. The molecule has 2 unspecified atom stereocenters. The van der Waals surface area contributed by atoms with Crippen LogP contribution in [0.3, 0.4) is 0 Å². The zero-order chi connectivity index (χ0) is 14.4. The maximum absolute atomic E-state index is 3.47. The van der Waals surface area contributed by atoms with Crippen LogP contribution in [0.25, 0.3) is 0 Å². The van der Waals surface area contributed by atoms with Gasteiger partial charge in [-0.25, -0.2) is 0 Å². The lowest BCUT2D eigenvalue weighted by Crippen LogP contribution is -2.39. The summed E-state index contributed by atoms with van der Waals surface area (Å²) < 4.78 is 0. The SMILES string of the molecule is CCC(C)N(CC)CC(NC)c1cc(C)cc(C)c1. The second-order valence-corrected chi connectivity index (χ2v) is 5.61. The Morgan fingerprint density at radius 1 is 1.11 bits per heavy atom. The number of rotatable bonds is 7. The molecule has 1 N–H and O–H groups in total. The van der Waals surface area contributed by atoms with Gasteiger partial charge in [0, 0.05) is 18.6 Å². The summed E-state index contributed by atoms with van der Waals surface area (Å²) in [5, 5.41) is 3.47. The third kappa shape index (κ3) is 4.63. The van der Waals surface area contributed by atoms with E-state index in [4.69, 9.17) is 0 Å². The molecule has 2 nitrogen and oxygen atoms in total. The number of hydrogen-bond donors (Lipinski definition) is 1. The molecule has 0 spiro atoms. The monoisotopic (exact) mass is 262 g/mol. The van der Waals surface area contributed by atoms with Gasteiger partial charge in [-0.3, -0.25) is 4.90 Å². The number of likely N-dealkylation sites (N-methyl/N-ethyl adjacent to an activating group) is 2. The lowest BCUT2D eigenvalue weighted by molar-refractivity contribution is 0.194. The summed E-state index contributed by atoms with van der Waals surface area (Å²) in [7, 11) is 2.06. The molecule has 0 radical (unpaired) electrons. The number of hydrogen-bond acceptors (Lipinski definition) is 2. The summed E-state index contributed by atoms with van der Waals surface area (Å²) >= 11 is 0. The summed E-state index contributed by atoms with van der Waals surface area (Å²) in [6, 6.07) is 7.90. The molecule has 0 saturated carbocycles. The average Bonchev–Trinajstić information content (AvgIpc) is 2.38. The largest absolute Gasteiger partial charge is 0.312 e. The lowest BCUT2D eigenvalue weighted by Gasteiger charge is -2.31. The molecule has 0 aromatic heterocycles. The predicted molar refractivity (Wildman–Crippen MR) is 84.7 cm³/mol. The molecular formula is C17H30N2. The minimum absolute atomic E-state index is 0.410. The minimum Gasteiger partial charge on any atom is -0.312 e. The van der Waals surface area contributed by atoms with Crippen LogP contribution in [0.5, 0.6) is 0 Å². The molecule has 108 valence electrons. The molecule has 0 fully saturated rings. The van der Waals surface area contributed by atoms with Gasteiger partial charge < -0.3 is 5.32 Å². The van der Waals surface area contributed by atoms with Crippen molar-refractivity contribution < 1.29 is 0 Å². The fourth-order valence-corrected chi connectivity index (χ4v) is 2.69. The van der Waals surface area contributed by atoms with Gasteiger partial charge in [0.05, 0.1) is 0 Å². The quantitative estimate of drug-likeness (QED) is 0.806. The predicted octanol–water partition coefficient (Wildman–Crippen LogP) is 3.68. The Hall–Kier alpha value is -0.860. The van der Waals surface area contributed by atoms with E-state index in [1.807, 2.05) is 0 Å². The fraction of sp³-hybridized carbons (Fsp3) is 0.647. The molecule has 19 heavy (non-hydrogen) atoms. The summed E-state index contributed by atoms with van der Waals surface area (Å²) in [5.41, 5.74) is 4.10. The van der Waals surface area contributed by atoms with E-state index in [-0.39, 0.29) is 0 Å². The molecule has 0 bridgehead atoms. The van der Waals surface area contributed by atoms with E-state index in [1.165, 1.54) is 23.1 Å². The van der Waals surface area contributed by atoms with Crippen molar-refractivity contribution in [1.29, 1.82) is 0 Å². The highest BCUT2D eigenvalue weighted by molar-refractivity contribution is 5.30. The van der Waals surface area contributed by atoms with E-state index in [0.29, 0.717) is 12.1 Å². The Morgan fingerprint density at radius 3 is 2.11 bits per heavy atom. The maximum atomic E-state index is 3.47. The Bertz CT molecular complexity index is 367. The molecule has 0 aliphatic carbocycles. The van der Waals surface area contributed by atoms with Gasteiger partial charge in [0.15, 0.2) is 0 Å². The summed E-state index contributed by atoms with van der Waals surface area (Å²) in [4.78, 5) is 2.55. The highest BCUT2D eigenvalue weighted by atomic mass is 15.2. The topological polar surface area (TPSA) is 15.3 Å². The highest BCUT2D eigenvalue weighted by Crippen LogP contribution is 2.19. The number of benzene rings is 1. The second-order valence-electron chi connectivity index (χ2n) is 5.61. The van der Waals surface area contributed by atoms with E-state index in [1.54, 1.807) is 0 Å². The van der Waals surface area contributed by atoms with Gasteiger partial charge in [-0.2, -0.15) is 0 Å². The molecule has 1 aromatic rings. The van der Waals surface area contributed by atoms with Crippen LogP contribution in [0.15, 0.2) is 18.2 Å². The molecule has 1 rings (SSSR count). The van der Waals surface area contributed by atoms with Gasteiger partial charge in [0.25, 0.3) is 0 Å². The van der Waals surface area contributed by atoms with Crippen molar-refractivity contribution in [2.45, 2.75) is 53.1 Å². The van der Waals surface area contributed by atoms with Crippen molar-refractivity contribution >= 4 is 0 Å². The van der Waals surface area contributed by atoms with Crippen molar-refractivity contribution in [3.05, 3.63) is 34.9 Å². The molecule has 0 aliphatic rings. The maximum Gasteiger partial charge on any atom is 0.0447 e. The van der Waals surface area contributed by atoms with Gasteiger partial charge in [0.1, 0.15) is 0 Å². The number of nitrogens with one attached hydrogen (secondary N) is 1. The zero-order valence-corrected chi connectivity index (χ0v) is 13.5. The minimum atomic E-state index is 0.410. The first-order valence-electron chi connectivity index (χ1n) is 7.51. The molecule has 0 saturated heterocycles. The first-order valence-corrected chi connectivity index (χ1v) is 7.51. The molecule has 0 heterocycles. The van der Waals surface area contributed by atoms with Crippen LogP contribution >= 0.6 is 0 Å². The van der Waals surface area contributed by atoms with E-state index in [0.717, 1.165) is 13.1 Å². The van der Waals surface area contributed by atoms with E-state index in [9.17, 15) is 0 Å². The van der Waals surface area contributed by atoms with Gasteiger partial charge in [0.2, 0.25) is 0 Å². The Labute approximate surface area is 119 Å². The van der Waals surface area contributed by atoms with Gasteiger partial charge in [-0.1, -0.05) is 43.2 Å². The van der Waals surface area contributed by atoms with Crippen LogP contribution in [0.1, 0.15) is 49.9 Å². The molecule has 0 amide bonds. The third-order valence-electron chi connectivity index (χ3n) is 4.03. The van der Waals surface area contributed by atoms with E-state index in [2.05, 4.69) is 70.1 Å². The Balaban J connectivity index is 2.87. The smallest absolute Gasteiger partial charge is 0.0447 e. The van der Waals surface area contributed by atoms with Crippen molar-refractivity contribution in [3.8, 4) is 0 Å². The van der Waals surface area contributed by atoms with Crippen molar-refractivity contribution in [2.75, 3.05) is 20.1 Å². The molecule has 2 heteroatoms. The third-order valence-corrected chi connectivity index (χ3v) is 4.03. The first kappa shape index (κ1) is 16.2. The van der Waals surface area contributed by atoms with Crippen molar-refractivity contribution in [2.24, 2.45) is 0 Å². The molecule has 1 aromatic carbocycles. The molecule has 2 atom stereocenters. The highest BCUT2D eigenvalue weighted by Gasteiger charge is 2.17. The summed E-state index contributed by atoms with van der Waals surface area (Å²) in [6.45, 7) is 13.4. The van der Waals surface area contributed by atoms with Gasteiger partial charge in [-0.15, -0.1) is 0 Å². The zero-order valence-electron chi connectivity index (χ0n) is 13.5. The summed E-state index contributed by atoms with van der Waals surface area (Å²) in [5.74, 6) is 0. The molecular weight excluding hydrogens is 232 g/mol. The Kier molecular flexibility index (Phi) is 6.53. The van der Waals surface area contributed by atoms with Crippen molar-refractivity contribution in [1.82, 2.24) is 10.2 Å². The van der Waals surface area contributed by atoms with Crippen LogP contribution < -0.4 is 5.32 Å². The van der Waals surface area contributed by atoms with Crippen LogP contribution in [-0.4, -0.2) is 31.1 Å². The fourth-order valence-electron chi connectivity index (χ4n) is 2.69. The normalized spacial score (nSPS) is 14.7. The van der Waals surface area contributed by atoms with Crippen LogP contribution in [0.2, 0.25) is 0 Å². The van der Waals surface area contributed by atoms with Gasteiger partial charge in [-0.05, 0) is 46.3 Å². The van der Waals surface area contributed by atoms with Crippen molar-refractivity contribution in [3.63, 3.8) is 0 Å². The van der Waals surface area contributed by atoms with E-state index < -0.39 is 0 Å². The van der Waals surface area contributed by atoms with Crippen LogP contribution in [-0.2, 0) is 0 Å². The average molecular weight is 262 g/mol. The lowest BCUT2D eigenvalue weighted by atomic mass is 10.0.